The Morgan fingerprint density at radius 1 is 1.21 bits per heavy atom. The van der Waals surface area contributed by atoms with Gasteiger partial charge in [0.25, 0.3) is 0 Å². The Bertz CT molecular complexity index is 627. The molecule has 0 radical (unpaired) electrons. The zero-order valence-electron chi connectivity index (χ0n) is 9.76. The second-order valence-corrected chi connectivity index (χ2v) is 4.51. The van der Waals surface area contributed by atoms with Crippen molar-refractivity contribution in [3.63, 3.8) is 0 Å². The summed E-state index contributed by atoms with van der Waals surface area (Å²) in [4.78, 5) is 14.3. The summed E-state index contributed by atoms with van der Waals surface area (Å²) in [5.74, 6) is -0.252. The molecule has 0 saturated heterocycles. The second kappa shape index (κ2) is 5.42. The van der Waals surface area contributed by atoms with E-state index in [-0.39, 0.29) is 11.6 Å². The maximum absolute atomic E-state index is 10.9. The third-order valence-electron chi connectivity index (χ3n) is 2.39. The number of hydrogen-bond donors (Lipinski definition) is 0. The first kappa shape index (κ1) is 13.6. The first-order chi connectivity index (χ1) is 9.01. The highest BCUT2D eigenvalue weighted by atomic mass is 35.5. The normalized spacial score (nSPS) is 10.3. The van der Waals surface area contributed by atoms with Gasteiger partial charge in [-0.3, -0.25) is 0 Å². The third-order valence-corrected chi connectivity index (χ3v) is 2.83. The summed E-state index contributed by atoms with van der Waals surface area (Å²) < 4.78 is 4.89. The first-order valence-electron chi connectivity index (χ1n) is 5.17. The van der Waals surface area contributed by atoms with Crippen LogP contribution in [0.5, 0.6) is 5.75 Å². The van der Waals surface area contributed by atoms with Crippen molar-refractivity contribution in [3.8, 4) is 17.0 Å². The molecule has 19 heavy (non-hydrogen) atoms. The van der Waals surface area contributed by atoms with Crippen LogP contribution in [0.4, 0.5) is 5.82 Å². The number of rotatable bonds is 3. The van der Waals surface area contributed by atoms with E-state index >= 15 is 0 Å². The molecule has 1 heterocycles. The fourth-order valence-electron chi connectivity index (χ4n) is 1.59. The van der Waals surface area contributed by atoms with E-state index in [9.17, 15) is 10.1 Å². The summed E-state index contributed by atoms with van der Waals surface area (Å²) in [5.41, 5.74) is 1.00. The van der Waals surface area contributed by atoms with Gasteiger partial charge >= 0.3 is 5.82 Å². The van der Waals surface area contributed by atoms with E-state index in [1.54, 1.807) is 24.3 Å². The number of benzene rings is 1. The van der Waals surface area contributed by atoms with Gasteiger partial charge in [0.2, 0.25) is 5.75 Å². The summed E-state index contributed by atoms with van der Waals surface area (Å²) in [7, 11) is 1.35. The molecule has 98 valence electrons. The van der Waals surface area contributed by atoms with Crippen molar-refractivity contribution in [1.29, 1.82) is 0 Å². The van der Waals surface area contributed by atoms with E-state index in [0.717, 1.165) is 0 Å². The lowest BCUT2D eigenvalue weighted by Gasteiger charge is -2.03. The fraction of sp³-hybridized carbons (Fsp3) is 0.0833. The van der Waals surface area contributed by atoms with Crippen LogP contribution in [-0.4, -0.2) is 17.0 Å². The lowest BCUT2D eigenvalue weighted by molar-refractivity contribution is -0.390. The van der Waals surface area contributed by atoms with Crippen LogP contribution in [0, 0.1) is 10.1 Å². The monoisotopic (exact) mass is 298 g/mol. The van der Waals surface area contributed by atoms with Gasteiger partial charge in [0.05, 0.1) is 7.11 Å². The number of pyridine rings is 1. The van der Waals surface area contributed by atoms with Crippen molar-refractivity contribution in [2.45, 2.75) is 0 Å². The van der Waals surface area contributed by atoms with Gasteiger partial charge in [-0.1, -0.05) is 23.2 Å². The Morgan fingerprint density at radius 3 is 2.37 bits per heavy atom. The number of nitro groups is 1. The van der Waals surface area contributed by atoms with Crippen molar-refractivity contribution < 1.29 is 9.66 Å². The van der Waals surface area contributed by atoms with Gasteiger partial charge in [0, 0.05) is 15.6 Å². The van der Waals surface area contributed by atoms with E-state index in [1.807, 2.05) is 0 Å². The summed E-state index contributed by atoms with van der Waals surface area (Å²) in [5, 5.41) is 11.8. The lowest BCUT2D eigenvalue weighted by atomic mass is 10.1. The van der Waals surface area contributed by atoms with Crippen LogP contribution >= 0.6 is 23.2 Å². The highest BCUT2D eigenvalue weighted by molar-refractivity contribution is 6.35. The van der Waals surface area contributed by atoms with Crippen molar-refractivity contribution in [3.05, 3.63) is 50.5 Å². The largest absolute Gasteiger partial charge is 0.489 e. The minimum absolute atomic E-state index is 0.0990. The van der Waals surface area contributed by atoms with E-state index in [1.165, 1.54) is 13.2 Å². The molecule has 5 nitrogen and oxygen atoms in total. The van der Waals surface area contributed by atoms with Crippen LogP contribution < -0.4 is 4.74 Å². The molecular formula is C12H8Cl2N2O3. The molecule has 7 heteroatoms. The van der Waals surface area contributed by atoms with E-state index in [0.29, 0.717) is 21.3 Å². The maximum atomic E-state index is 10.9. The molecule has 0 saturated carbocycles. The summed E-state index contributed by atoms with van der Waals surface area (Å²) in [6.45, 7) is 0. The van der Waals surface area contributed by atoms with Gasteiger partial charge in [0.1, 0.15) is 0 Å². The Morgan fingerprint density at radius 2 is 1.84 bits per heavy atom. The first-order valence-corrected chi connectivity index (χ1v) is 5.92. The number of halogens is 2. The number of aromatic nitrogens is 1. The molecule has 1 aromatic heterocycles. The van der Waals surface area contributed by atoms with Gasteiger partial charge in [0.15, 0.2) is 5.69 Å². The van der Waals surface area contributed by atoms with Crippen molar-refractivity contribution in [2.24, 2.45) is 0 Å². The second-order valence-electron chi connectivity index (χ2n) is 3.64. The van der Waals surface area contributed by atoms with Crippen LogP contribution in [0.3, 0.4) is 0 Å². The standard InChI is InChI=1S/C12H8Cl2N2O3/c1-19-11-3-2-10(15-12(11)16(17)18)7-4-8(13)6-9(14)5-7/h2-6H,1H3. The molecule has 0 fully saturated rings. The van der Waals surface area contributed by atoms with Crippen molar-refractivity contribution in [1.82, 2.24) is 4.98 Å². The van der Waals surface area contributed by atoms with E-state index in [2.05, 4.69) is 4.98 Å². The van der Waals surface area contributed by atoms with Crippen LogP contribution in [0.2, 0.25) is 10.0 Å². The number of nitrogens with zero attached hydrogens (tertiary/aromatic N) is 2. The molecule has 0 amide bonds. The fourth-order valence-corrected chi connectivity index (χ4v) is 2.11. The SMILES string of the molecule is COc1ccc(-c2cc(Cl)cc(Cl)c2)nc1[N+](=O)[O-]. The van der Waals surface area contributed by atoms with Crippen LogP contribution in [0.25, 0.3) is 11.3 Å². The van der Waals surface area contributed by atoms with Gasteiger partial charge in [-0.25, -0.2) is 0 Å². The molecule has 2 aromatic rings. The Balaban J connectivity index is 2.57. The number of ether oxygens (including phenoxy) is 1. The molecule has 0 unspecified atom stereocenters. The average molecular weight is 299 g/mol. The molecule has 1 aromatic carbocycles. The summed E-state index contributed by atoms with van der Waals surface area (Å²) in [6, 6.07) is 7.92. The maximum Gasteiger partial charge on any atom is 0.406 e. The molecular weight excluding hydrogens is 291 g/mol. The predicted molar refractivity (Wildman–Crippen MR) is 72.9 cm³/mol. The highest BCUT2D eigenvalue weighted by Gasteiger charge is 2.19. The molecule has 0 spiro atoms. The third kappa shape index (κ3) is 2.94. The minimum atomic E-state index is -0.603. The Labute approximate surface area is 118 Å². The number of hydrogen-bond acceptors (Lipinski definition) is 4. The van der Waals surface area contributed by atoms with Crippen LogP contribution in [0.15, 0.2) is 30.3 Å². The van der Waals surface area contributed by atoms with Gasteiger partial charge in [-0.2, -0.15) is 0 Å². The molecule has 0 bridgehead atoms. The van der Waals surface area contributed by atoms with Crippen molar-refractivity contribution >= 4 is 29.0 Å². The van der Waals surface area contributed by atoms with Crippen LogP contribution in [-0.2, 0) is 0 Å². The van der Waals surface area contributed by atoms with Gasteiger partial charge < -0.3 is 14.9 Å². The Kier molecular flexibility index (Phi) is 3.87. The van der Waals surface area contributed by atoms with Gasteiger partial charge in [-0.15, -0.1) is 0 Å². The molecule has 0 aliphatic carbocycles. The van der Waals surface area contributed by atoms with E-state index in [4.69, 9.17) is 27.9 Å². The number of methoxy groups -OCH3 is 1. The van der Waals surface area contributed by atoms with Crippen LogP contribution in [0.1, 0.15) is 0 Å². The van der Waals surface area contributed by atoms with Gasteiger partial charge in [-0.05, 0) is 40.2 Å². The molecule has 0 N–H and O–H groups in total. The van der Waals surface area contributed by atoms with Crippen molar-refractivity contribution in [2.75, 3.05) is 7.11 Å². The predicted octanol–water partition coefficient (Wildman–Crippen LogP) is 3.97. The van der Waals surface area contributed by atoms with E-state index < -0.39 is 4.92 Å². The molecule has 0 atom stereocenters. The molecule has 0 aliphatic heterocycles. The minimum Gasteiger partial charge on any atom is -0.489 e. The highest BCUT2D eigenvalue weighted by Crippen LogP contribution is 2.31. The molecule has 0 aliphatic rings. The Hall–Kier alpha value is -1.85. The lowest BCUT2D eigenvalue weighted by Crippen LogP contribution is -1.98. The zero-order chi connectivity index (χ0) is 14.0. The quantitative estimate of drug-likeness (QED) is 0.635. The topological polar surface area (TPSA) is 65.3 Å². The zero-order valence-corrected chi connectivity index (χ0v) is 11.3. The summed E-state index contributed by atoms with van der Waals surface area (Å²) >= 11 is 11.8. The molecule has 2 rings (SSSR count). The smallest absolute Gasteiger partial charge is 0.406 e. The average Bonchev–Trinajstić information content (AvgIpc) is 2.36. The summed E-state index contributed by atoms with van der Waals surface area (Å²) in [6.07, 6.45) is 0.